The fraction of sp³-hybridized carbons (Fsp3) is 0.278. The van der Waals surface area contributed by atoms with E-state index in [0.717, 1.165) is 16.7 Å². The molecule has 0 radical (unpaired) electrons. The highest BCUT2D eigenvalue weighted by Crippen LogP contribution is 2.22. The Morgan fingerprint density at radius 3 is 2.57 bits per heavy atom. The molecule has 0 saturated heterocycles. The molecule has 0 spiro atoms. The van der Waals surface area contributed by atoms with Gasteiger partial charge in [0.1, 0.15) is 0 Å². The number of rotatable bonds is 4. The molecule has 2 rings (SSSR count). The third-order valence-corrected chi connectivity index (χ3v) is 4.14. The molecule has 3 heteroatoms. The van der Waals surface area contributed by atoms with Crippen LogP contribution in [0.1, 0.15) is 29.7 Å². The molecule has 21 heavy (non-hydrogen) atoms. The van der Waals surface area contributed by atoms with Crippen molar-refractivity contribution in [1.29, 1.82) is 0 Å². The Labute approximate surface area is 131 Å². The molecule has 0 bridgehead atoms. The maximum Gasteiger partial charge on any atom is 0.227 e. The van der Waals surface area contributed by atoms with Crippen molar-refractivity contribution in [3.05, 3.63) is 70.2 Å². The lowest BCUT2D eigenvalue weighted by Gasteiger charge is -2.26. The fourth-order valence-corrected chi connectivity index (χ4v) is 2.50. The summed E-state index contributed by atoms with van der Waals surface area (Å²) in [5.74, 6) is 0.108. The van der Waals surface area contributed by atoms with Crippen molar-refractivity contribution >= 4 is 17.5 Å². The highest BCUT2D eigenvalue weighted by atomic mass is 35.5. The number of carbonyl (C=O) groups is 1. The van der Waals surface area contributed by atoms with E-state index in [1.807, 2.05) is 69.4 Å². The van der Waals surface area contributed by atoms with Gasteiger partial charge in [-0.3, -0.25) is 4.79 Å². The van der Waals surface area contributed by atoms with E-state index in [4.69, 9.17) is 11.6 Å². The maximum atomic E-state index is 12.5. The number of hydrogen-bond acceptors (Lipinski definition) is 1. The molecule has 110 valence electrons. The zero-order chi connectivity index (χ0) is 15.4. The highest BCUT2D eigenvalue weighted by molar-refractivity contribution is 6.30. The third kappa shape index (κ3) is 3.85. The van der Waals surface area contributed by atoms with Crippen molar-refractivity contribution in [1.82, 2.24) is 4.90 Å². The van der Waals surface area contributed by atoms with Crippen LogP contribution in [0.3, 0.4) is 0 Å². The molecular formula is C18H20ClNO. The van der Waals surface area contributed by atoms with E-state index in [0.29, 0.717) is 11.4 Å². The number of aryl methyl sites for hydroxylation is 1. The van der Waals surface area contributed by atoms with Crippen LogP contribution in [0.4, 0.5) is 0 Å². The lowest BCUT2D eigenvalue weighted by molar-refractivity contribution is -0.131. The van der Waals surface area contributed by atoms with E-state index in [2.05, 4.69) is 0 Å². The molecule has 2 aromatic rings. The number of hydrogen-bond donors (Lipinski definition) is 0. The second kappa shape index (κ2) is 6.77. The monoisotopic (exact) mass is 301 g/mol. The molecule has 0 aliphatic heterocycles. The number of benzene rings is 2. The van der Waals surface area contributed by atoms with Gasteiger partial charge >= 0.3 is 0 Å². The van der Waals surface area contributed by atoms with Gasteiger partial charge in [0.05, 0.1) is 12.5 Å². The van der Waals surface area contributed by atoms with Crippen LogP contribution in [0.15, 0.2) is 48.5 Å². The smallest absolute Gasteiger partial charge is 0.227 e. The number of halogens is 1. The van der Waals surface area contributed by atoms with Crippen molar-refractivity contribution in [3.63, 3.8) is 0 Å². The van der Waals surface area contributed by atoms with Crippen molar-refractivity contribution in [2.24, 2.45) is 0 Å². The number of likely N-dealkylation sites (N-methyl/N-ethyl adjacent to an activating group) is 1. The van der Waals surface area contributed by atoms with Crippen LogP contribution in [-0.4, -0.2) is 17.9 Å². The Kier molecular flexibility index (Phi) is 5.03. The zero-order valence-electron chi connectivity index (χ0n) is 12.6. The number of amides is 1. The van der Waals surface area contributed by atoms with E-state index in [1.165, 1.54) is 0 Å². The first kappa shape index (κ1) is 15.6. The molecule has 0 fully saturated rings. The quantitative estimate of drug-likeness (QED) is 0.819. The van der Waals surface area contributed by atoms with E-state index < -0.39 is 0 Å². The Morgan fingerprint density at radius 2 is 1.90 bits per heavy atom. The van der Waals surface area contributed by atoms with Crippen LogP contribution in [0, 0.1) is 6.92 Å². The first-order chi connectivity index (χ1) is 9.99. The summed E-state index contributed by atoms with van der Waals surface area (Å²) in [5, 5.41) is 0.694. The molecule has 0 aliphatic rings. The van der Waals surface area contributed by atoms with Gasteiger partial charge in [0.15, 0.2) is 0 Å². The van der Waals surface area contributed by atoms with Crippen molar-refractivity contribution < 1.29 is 4.79 Å². The second-order valence-electron chi connectivity index (χ2n) is 5.34. The highest BCUT2D eigenvalue weighted by Gasteiger charge is 2.18. The summed E-state index contributed by atoms with van der Waals surface area (Å²) in [4.78, 5) is 14.2. The molecule has 0 aromatic heterocycles. The summed E-state index contributed by atoms with van der Waals surface area (Å²) in [6, 6.07) is 15.6. The summed E-state index contributed by atoms with van der Waals surface area (Å²) in [6.45, 7) is 4.05. The lowest BCUT2D eigenvalue weighted by atomic mass is 10.0. The molecule has 2 aromatic carbocycles. The maximum absolute atomic E-state index is 12.5. The third-order valence-electron chi connectivity index (χ3n) is 3.91. The van der Waals surface area contributed by atoms with E-state index in [9.17, 15) is 4.79 Å². The fourth-order valence-electron chi connectivity index (χ4n) is 2.30. The molecule has 0 heterocycles. The van der Waals surface area contributed by atoms with Crippen LogP contribution in [0.5, 0.6) is 0 Å². The van der Waals surface area contributed by atoms with Gasteiger partial charge in [-0.15, -0.1) is 0 Å². The minimum Gasteiger partial charge on any atom is -0.339 e. The Balaban J connectivity index is 2.10. The summed E-state index contributed by atoms with van der Waals surface area (Å²) < 4.78 is 0. The van der Waals surface area contributed by atoms with E-state index in [1.54, 1.807) is 4.90 Å². The number of carbonyl (C=O) groups excluding carboxylic acids is 1. The van der Waals surface area contributed by atoms with E-state index in [-0.39, 0.29) is 11.9 Å². The minimum atomic E-state index is 0.000202. The Hall–Kier alpha value is -1.80. The van der Waals surface area contributed by atoms with Gasteiger partial charge < -0.3 is 4.90 Å². The molecule has 2 nitrogen and oxygen atoms in total. The van der Waals surface area contributed by atoms with Crippen molar-refractivity contribution in [2.45, 2.75) is 26.3 Å². The molecular weight excluding hydrogens is 282 g/mol. The largest absolute Gasteiger partial charge is 0.339 e. The van der Waals surface area contributed by atoms with Gasteiger partial charge in [-0.05, 0) is 42.7 Å². The molecule has 1 unspecified atom stereocenters. The molecule has 0 N–H and O–H groups in total. The van der Waals surface area contributed by atoms with Crippen molar-refractivity contribution in [2.75, 3.05) is 7.05 Å². The second-order valence-corrected chi connectivity index (χ2v) is 5.78. The van der Waals surface area contributed by atoms with Gasteiger partial charge in [0.25, 0.3) is 0 Å². The minimum absolute atomic E-state index is 0.000202. The van der Waals surface area contributed by atoms with Gasteiger partial charge in [0.2, 0.25) is 5.91 Å². The summed E-state index contributed by atoms with van der Waals surface area (Å²) in [5.41, 5.74) is 3.27. The van der Waals surface area contributed by atoms with Crippen LogP contribution < -0.4 is 0 Å². The zero-order valence-corrected chi connectivity index (χ0v) is 13.4. The predicted molar refractivity (Wildman–Crippen MR) is 87.5 cm³/mol. The summed E-state index contributed by atoms with van der Waals surface area (Å²) in [7, 11) is 1.84. The normalized spacial score (nSPS) is 12.0. The van der Waals surface area contributed by atoms with Crippen LogP contribution >= 0.6 is 11.6 Å². The molecule has 0 aliphatic carbocycles. The van der Waals surface area contributed by atoms with Gasteiger partial charge in [-0.25, -0.2) is 0 Å². The van der Waals surface area contributed by atoms with Gasteiger partial charge in [0, 0.05) is 12.1 Å². The molecule has 1 amide bonds. The van der Waals surface area contributed by atoms with Crippen LogP contribution in [0.2, 0.25) is 5.02 Å². The molecule has 0 saturated carbocycles. The van der Waals surface area contributed by atoms with Crippen molar-refractivity contribution in [3.8, 4) is 0 Å². The van der Waals surface area contributed by atoms with E-state index >= 15 is 0 Å². The van der Waals surface area contributed by atoms with Crippen LogP contribution in [-0.2, 0) is 11.2 Å². The average molecular weight is 302 g/mol. The lowest BCUT2D eigenvalue weighted by Crippen LogP contribution is -2.31. The summed E-state index contributed by atoms with van der Waals surface area (Å²) >= 11 is 6.02. The number of nitrogens with zero attached hydrogens (tertiary/aromatic N) is 1. The topological polar surface area (TPSA) is 20.3 Å². The Morgan fingerprint density at radius 1 is 1.19 bits per heavy atom. The van der Waals surface area contributed by atoms with Crippen LogP contribution in [0.25, 0.3) is 0 Å². The first-order valence-corrected chi connectivity index (χ1v) is 7.42. The average Bonchev–Trinajstić information content (AvgIpc) is 2.48. The summed E-state index contributed by atoms with van der Waals surface area (Å²) in [6.07, 6.45) is 0.425. The Bertz CT molecular complexity index is 639. The molecule has 1 atom stereocenters. The predicted octanol–water partition coefficient (Wildman–Crippen LogP) is 4.41. The SMILES string of the molecule is Cc1ccccc1CC(=O)N(C)C(C)c1cccc(Cl)c1. The first-order valence-electron chi connectivity index (χ1n) is 7.04. The van der Waals surface area contributed by atoms with Gasteiger partial charge in [-0.1, -0.05) is 48.0 Å². The standard InChI is InChI=1S/C18H20ClNO/c1-13-7-4-5-8-15(13)12-18(21)20(3)14(2)16-9-6-10-17(19)11-16/h4-11,14H,12H2,1-3H3. The van der Waals surface area contributed by atoms with Gasteiger partial charge in [-0.2, -0.15) is 0 Å².